The number of hydrogen-bond donors (Lipinski definition) is 2. The number of fused-ring (bicyclic) bond motifs is 2. The molecule has 2 N–H and O–H groups in total. The second-order valence-corrected chi connectivity index (χ2v) is 7.49. The number of aryl methyl sites for hydroxylation is 1. The molecule has 0 radical (unpaired) electrons. The normalized spacial score (nSPS) is 24.9. The quantitative estimate of drug-likeness (QED) is 0.890. The van der Waals surface area contributed by atoms with Crippen molar-refractivity contribution >= 4 is 11.6 Å². The monoisotopic (exact) mass is 335 g/mol. The van der Waals surface area contributed by atoms with Gasteiger partial charge in [-0.25, -0.2) is 0 Å². The summed E-state index contributed by atoms with van der Waals surface area (Å²) < 4.78 is 0. The minimum Gasteiger partial charge on any atom is -0.326 e. The highest BCUT2D eigenvalue weighted by Gasteiger charge is 2.34. The second kappa shape index (κ2) is 6.96. The van der Waals surface area contributed by atoms with Gasteiger partial charge in [-0.3, -0.25) is 9.78 Å². The van der Waals surface area contributed by atoms with E-state index in [9.17, 15) is 4.79 Å². The molecule has 4 rings (SSSR count). The molecule has 1 aromatic heterocycles. The first-order valence-electron chi connectivity index (χ1n) is 9.24. The standard InChI is InChI=1S/C21H25N3O/c1-14-2-3-17(16-6-8-22-9-7-16)13-20(14)24-21(25)12-15-10-18-4-5-19(11-15)23-18/h2-3,6-9,13,15,18-19,23H,4-5,10-12H2,1H3,(H,24,25). The fourth-order valence-corrected chi connectivity index (χ4v) is 4.29. The Labute approximate surface area is 149 Å². The van der Waals surface area contributed by atoms with E-state index in [0.29, 0.717) is 24.4 Å². The van der Waals surface area contributed by atoms with E-state index >= 15 is 0 Å². The van der Waals surface area contributed by atoms with E-state index < -0.39 is 0 Å². The molecule has 3 heterocycles. The van der Waals surface area contributed by atoms with E-state index in [2.05, 4.69) is 33.8 Å². The number of nitrogens with one attached hydrogen (secondary N) is 2. The molecule has 4 heteroatoms. The lowest BCUT2D eigenvalue weighted by atomic mass is 9.89. The molecular formula is C21H25N3O. The molecule has 2 bridgehead atoms. The maximum atomic E-state index is 12.6. The number of pyridine rings is 1. The second-order valence-electron chi connectivity index (χ2n) is 7.49. The van der Waals surface area contributed by atoms with E-state index in [-0.39, 0.29) is 5.91 Å². The van der Waals surface area contributed by atoms with E-state index in [0.717, 1.165) is 35.2 Å². The first-order chi connectivity index (χ1) is 12.2. The minimum absolute atomic E-state index is 0.140. The highest BCUT2D eigenvalue weighted by Crippen LogP contribution is 2.33. The molecule has 2 aliphatic heterocycles. The van der Waals surface area contributed by atoms with Gasteiger partial charge in [0.05, 0.1) is 0 Å². The maximum absolute atomic E-state index is 12.6. The lowest BCUT2D eigenvalue weighted by Crippen LogP contribution is -2.39. The lowest BCUT2D eigenvalue weighted by Gasteiger charge is -2.28. The summed E-state index contributed by atoms with van der Waals surface area (Å²) in [6.45, 7) is 2.04. The van der Waals surface area contributed by atoms with Crippen molar-refractivity contribution in [3.05, 3.63) is 48.3 Å². The molecule has 2 saturated heterocycles. The Bertz CT molecular complexity index is 747. The molecule has 2 unspecified atom stereocenters. The zero-order chi connectivity index (χ0) is 17.2. The summed E-state index contributed by atoms with van der Waals surface area (Å²) in [5.74, 6) is 0.656. The van der Waals surface area contributed by atoms with Gasteiger partial charge in [0.15, 0.2) is 0 Å². The van der Waals surface area contributed by atoms with Gasteiger partial charge in [-0.05, 0) is 73.4 Å². The minimum atomic E-state index is 0.140. The maximum Gasteiger partial charge on any atom is 0.224 e. The van der Waals surface area contributed by atoms with Gasteiger partial charge in [0.25, 0.3) is 0 Å². The number of carbonyl (C=O) groups is 1. The van der Waals surface area contributed by atoms with Crippen LogP contribution in [0, 0.1) is 12.8 Å². The molecule has 1 amide bonds. The van der Waals surface area contributed by atoms with Crippen molar-refractivity contribution in [2.45, 2.75) is 51.1 Å². The van der Waals surface area contributed by atoms with Crippen molar-refractivity contribution in [1.82, 2.24) is 10.3 Å². The average Bonchev–Trinajstić information content (AvgIpc) is 2.96. The Balaban J connectivity index is 1.44. The molecule has 130 valence electrons. The van der Waals surface area contributed by atoms with Gasteiger partial charge < -0.3 is 10.6 Å². The molecule has 4 nitrogen and oxygen atoms in total. The Morgan fingerprint density at radius 1 is 1.12 bits per heavy atom. The number of carbonyl (C=O) groups excluding carboxylic acids is 1. The topological polar surface area (TPSA) is 54.0 Å². The van der Waals surface area contributed by atoms with E-state index in [1.165, 1.54) is 12.8 Å². The number of hydrogen-bond acceptors (Lipinski definition) is 3. The Morgan fingerprint density at radius 2 is 1.84 bits per heavy atom. The zero-order valence-electron chi connectivity index (χ0n) is 14.7. The van der Waals surface area contributed by atoms with Crippen LogP contribution in [-0.4, -0.2) is 23.0 Å². The van der Waals surface area contributed by atoms with Crippen LogP contribution < -0.4 is 10.6 Å². The van der Waals surface area contributed by atoms with Crippen molar-refractivity contribution < 1.29 is 4.79 Å². The third-order valence-electron chi connectivity index (χ3n) is 5.57. The number of aromatic nitrogens is 1. The van der Waals surface area contributed by atoms with Crippen LogP contribution in [0.1, 0.15) is 37.7 Å². The average molecular weight is 335 g/mol. The first kappa shape index (κ1) is 16.3. The molecule has 2 aromatic rings. The highest BCUT2D eigenvalue weighted by atomic mass is 16.1. The van der Waals surface area contributed by atoms with Crippen LogP contribution in [0.25, 0.3) is 11.1 Å². The first-order valence-corrected chi connectivity index (χ1v) is 9.24. The van der Waals surface area contributed by atoms with Crippen molar-refractivity contribution in [2.24, 2.45) is 5.92 Å². The smallest absolute Gasteiger partial charge is 0.224 e. The van der Waals surface area contributed by atoms with Crippen molar-refractivity contribution in [1.29, 1.82) is 0 Å². The molecule has 0 saturated carbocycles. The summed E-state index contributed by atoms with van der Waals surface area (Å²) in [7, 11) is 0. The van der Waals surface area contributed by atoms with Crippen molar-refractivity contribution in [3.63, 3.8) is 0 Å². The lowest BCUT2D eigenvalue weighted by molar-refractivity contribution is -0.117. The Morgan fingerprint density at radius 3 is 2.56 bits per heavy atom. The number of piperidine rings is 1. The molecule has 0 aliphatic carbocycles. The van der Waals surface area contributed by atoms with Gasteiger partial charge in [0.1, 0.15) is 0 Å². The van der Waals surface area contributed by atoms with Crippen LogP contribution in [-0.2, 0) is 4.79 Å². The molecule has 2 aliphatic rings. The van der Waals surface area contributed by atoms with Gasteiger partial charge in [0.2, 0.25) is 5.91 Å². The van der Waals surface area contributed by atoms with Crippen LogP contribution in [0.5, 0.6) is 0 Å². The van der Waals surface area contributed by atoms with Crippen molar-refractivity contribution in [2.75, 3.05) is 5.32 Å². The molecule has 2 fully saturated rings. The Kier molecular flexibility index (Phi) is 4.53. The fraction of sp³-hybridized carbons (Fsp3) is 0.429. The van der Waals surface area contributed by atoms with Gasteiger partial charge >= 0.3 is 0 Å². The molecule has 0 spiro atoms. The number of rotatable bonds is 4. The van der Waals surface area contributed by atoms with Gasteiger partial charge in [-0.15, -0.1) is 0 Å². The molecular weight excluding hydrogens is 310 g/mol. The summed E-state index contributed by atoms with van der Waals surface area (Å²) in [4.78, 5) is 16.6. The predicted molar refractivity (Wildman–Crippen MR) is 100 cm³/mol. The van der Waals surface area contributed by atoms with E-state index in [1.807, 2.05) is 19.1 Å². The van der Waals surface area contributed by atoms with Crippen LogP contribution in [0.15, 0.2) is 42.7 Å². The number of amides is 1. The zero-order valence-corrected chi connectivity index (χ0v) is 14.7. The summed E-state index contributed by atoms with van der Waals surface area (Å²) in [6, 6.07) is 11.5. The van der Waals surface area contributed by atoms with Gasteiger partial charge in [-0.2, -0.15) is 0 Å². The summed E-state index contributed by atoms with van der Waals surface area (Å²) in [5, 5.41) is 6.78. The molecule has 1 aromatic carbocycles. The number of anilines is 1. The summed E-state index contributed by atoms with van der Waals surface area (Å²) >= 11 is 0. The molecule has 25 heavy (non-hydrogen) atoms. The number of nitrogens with zero attached hydrogens (tertiary/aromatic N) is 1. The third kappa shape index (κ3) is 3.74. The van der Waals surface area contributed by atoms with Gasteiger partial charge in [-0.1, -0.05) is 12.1 Å². The van der Waals surface area contributed by atoms with Crippen LogP contribution in [0.2, 0.25) is 0 Å². The SMILES string of the molecule is Cc1ccc(-c2ccncc2)cc1NC(=O)CC1CC2CCC(C1)N2. The third-order valence-corrected chi connectivity index (χ3v) is 5.57. The van der Waals surface area contributed by atoms with Crippen LogP contribution >= 0.6 is 0 Å². The largest absolute Gasteiger partial charge is 0.326 e. The predicted octanol–water partition coefficient (Wildman–Crippen LogP) is 3.92. The van der Waals surface area contributed by atoms with E-state index in [4.69, 9.17) is 0 Å². The molecule has 2 atom stereocenters. The van der Waals surface area contributed by atoms with Crippen LogP contribution in [0.4, 0.5) is 5.69 Å². The fourth-order valence-electron chi connectivity index (χ4n) is 4.29. The van der Waals surface area contributed by atoms with Crippen LogP contribution in [0.3, 0.4) is 0 Å². The van der Waals surface area contributed by atoms with Crippen molar-refractivity contribution in [3.8, 4) is 11.1 Å². The van der Waals surface area contributed by atoms with E-state index in [1.54, 1.807) is 12.4 Å². The Hall–Kier alpha value is -2.20. The highest BCUT2D eigenvalue weighted by molar-refractivity contribution is 5.92. The van der Waals surface area contributed by atoms with Gasteiger partial charge in [0, 0.05) is 36.6 Å². The summed E-state index contributed by atoms with van der Waals surface area (Å²) in [6.07, 6.45) is 9.04. The summed E-state index contributed by atoms with van der Waals surface area (Å²) in [5.41, 5.74) is 4.22. The number of benzene rings is 1.